The summed E-state index contributed by atoms with van der Waals surface area (Å²) in [6.07, 6.45) is 6.98. The number of hydrogen-bond acceptors (Lipinski definition) is 3. The highest BCUT2D eigenvalue weighted by molar-refractivity contribution is 5.96. The van der Waals surface area contributed by atoms with Gasteiger partial charge in [0.25, 0.3) is 5.91 Å². The molecule has 0 radical (unpaired) electrons. The molecule has 7 heteroatoms. The fourth-order valence-corrected chi connectivity index (χ4v) is 5.13. The number of nitrogens with one attached hydrogen (secondary N) is 1. The van der Waals surface area contributed by atoms with Crippen LogP contribution < -0.4 is 5.32 Å². The predicted molar refractivity (Wildman–Crippen MR) is 142 cm³/mol. The van der Waals surface area contributed by atoms with Crippen LogP contribution in [0.25, 0.3) is 11.8 Å². The van der Waals surface area contributed by atoms with Gasteiger partial charge in [0.15, 0.2) is 0 Å². The smallest absolute Gasteiger partial charge is 0.254 e. The van der Waals surface area contributed by atoms with E-state index in [-0.39, 0.29) is 34.3 Å². The lowest BCUT2D eigenvalue weighted by molar-refractivity contribution is 0.0836. The Morgan fingerprint density at radius 1 is 1.19 bits per heavy atom. The second kappa shape index (κ2) is 10.2. The van der Waals surface area contributed by atoms with Crippen LogP contribution in [0.15, 0.2) is 54.2 Å². The Labute approximate surface area is 217 Å². The van der Waals surface area contributed by atoms with Gasteiger partial charge in [0, 0.05) is 11.0 Å². The van der Waals surface area contributed by atoms with Gasteiger partial charge in [-0.1, -0.05) is 31.6 Å². The van der Waals surface area contributed by atoms with Crippen LogP contribution in [0.3, 0.4) is 0 Å². The number of amides is 1. The molecule has 5 rings (SSSR count). The normalized spacial score (nSPS) is 20.3. The summed E-state index contributed by atoms with van der Waals surface area (Å²) in [5.74, 6) is -1.05. The van der Waals surface area contributed by atoms with Gasteiger partial charge >= 0.3 is 0 Å². The van der Waals surface area contributed by atoms with Crippen LogP contribution in [-0.2, 0) is 12.8 Å². The number of benzene rings is 2. The fourth-order valence-electron chi connectivity index (χ4n) is 5.13. The van der Waals surface area contributed by atoms with Crippen molar-refractivity contribution < 1.29 is 18.7 Å². The first-order chi connectivity index (χ1) is 17.4. The third-order valence-electron chi connectivity index (χ3n) is 7.18. The molecule has 0 aliphatic heterocycles. The summed E-state index contributed by atoms with van der Waals surface area (Å²) in [5, 5.41) is 17.5. The van der Waals surface area contributed by atoms with Crippen molar-refractivity contribution in [3.05, 3.63) is 88.3 Å². The summed E-state index contributed by atoms with van der Waals surface area (Å²) in [6.45, 7) is 9.66. The third-order valence-corrected chi connectivity index (χ3v) is 7.18. The molecule has 1 heterocycles. The molecule has 1 unspecified atom stereocenters. The van der Waals surface area contributed by atoms with Crippen molar-refractivity contribution in [2.45, 2.75) is 71.9 Å². The van der Waals surface area contributed by atoms with Crippen LogP contribution in [0, 0.1) is 17.0 Å². The zero-order valence-corrected chi connectivity index (χ0v) is 22.1. The average molecular weight is 508 g/mol. The van der Waals surface area contributed by atoms with Crippen molar-refractivity contribution in [1.82, 2.24) is 15.1 Å². The molecule has 196 valence electrons. The van der Waals surface area contributed by atoms with Gasteiger partial charge in [-0.2, -0.15) is 5.10 Å². The summed E-state index contributed by atoms with van der Waals surface area (Å²) >= 11 is 0. The number of nitrogens with zero attached hydrogens (tertiary/aromatic N) is 2. The van der Waals surface area contributed by atoms with E-state index in [0.717, 1.165) is 41.8 Å². The standard InChI is InChI=1S/C17H17FN2O.C13H18FNO/c1-17-9-11-10-19-20(14-5-3-13(18)4-6-14)15(11)8-12(17)2-7-16(17)21;1-5-9-7-6-8-10(14)11(9)12(16)15-13(2,3)4/h3-6,8,10,16,21H,2,7,9H2,1H3;6-8H,5H2,1-4H3,(H,15,16)/t16-,17?;/m0./s1. The van der Waals surface area contributed by atoms with Crippen molar-refractivity contribution in [1.29, 1.82) is 0 Å². The number of fused-ring (bicyclic) bond motifs is 2. The zero-order valence-electron chi connectivity index (χ0n) is 22.1. The average Bonchev–Trinajstić information content (AvgIpc) is 3.36. The topological polar surface area (TPSA) is 67.1 Å². The number of aliphatic hydroxyl groups is 1. The van der Waals surface area contributed by atoms with E-state index < -0.39 is 5.82 Å². The molecule has 3 aromatic rings. The van der Waals surface area contributed by atoms with E-state index in [0.29, 0.717) is 6.42 Å². The maximum atomic E-state index is 13.6. The van der Waals surface area contributed by atoms with E-state index >= 15 is 0 Å². The molecule has 2 atom stereocenters. The summed E-state index contributed by atoms with van der Waals surface area (Å²) < 4.78 is 28.5. The van der Waals surface area contributed by atoms with Crippen LogP contribution in [-0.4, -0.2) is 32.4 Å². The predicted octanol–water partition coefficient (Wildman–Crippen LogP) is 6.03. The Kier molecular flexibility index (Phi) is 7.38. The molecular formula is C30H35F2N3O2. The van der Waals surface area contributed by atoms with Crippen LogP contribution in [0.2, 0.25) is 0 Å². The van der Waals surface area contributed by atoms with Gasteiger partial charge < -0.3 is 10.4 Å². The minimum absolute atomic E-state index is 0.149. The van der Waals surface area contributed by atoms with Crippen LogP contribution in [0.4, 0.5) is 8.78 Å². The maximum Gasteiger partial charge on any atom is 0.254 e. The second-order valence-corrected chi connectivity index (χ2v) is 11.1. The van der Waals surface area contributed by atoms with Gasteiger partial charge in [0.1, 0.15) is 11.6 Å². The van der Waals surface area contributed by atoms with E-state index in [2.05, 4.69) is 23.4 Å². The van der Waals surface area contributed by atoms with E-state index in [9.17, 15) is 18.7 Å². The van der Waals surface area contributed by atoms with Crippen LogP contribution in [0.1, 0.15) is 74.6 Å². The third kappa shape index (κ3) is 5.52. The second-order valence-electron chi connectivity index (χ2n) is 11.1. The van der Waals surface area contributed by atoms with Gasteiger partial charge in [-0.3, -0.25) is 4.79 Å². The number of halogens is 2. The minimum atomic E-state index is -0.457. The van der Waals surface area contributed by atoms with Gasteiger partial charge in [0.05, 0.1) is 29.2 Å². The molecule has 2 aliphatic rings. The Hall–Kier alpha value is -3.32. The van der Waals surface area contributed by atoms with Gasteiger partial charge in [-0.15, -0.1) is 0 Å². The number of aromatic nitrogens is 2. The number of aryl methyl sites for hydroxylation is 1. The molecule has 0 bridgehead atoms. The molecule has 2 aliphatic carbocycles. The molecule has 1 aromatic heterocycles. The lowest BCUT2D eigenvalue weighted by atomic mass is 9.74. The number of aliphatic hydroxyl groups excluding tert-OH is 1. The van der Waals surface area contributed by atoms with Crippen molar-refractivity contribution in [2.75, 3.05) is 0 Å². The SMILES string of the molecule is CC12Cc3cnn(-c4ccc(F)cc4)c3C=C1CC[C@@H]2O.CCc1cccc(F)c1C(=O)NC(C)(C)C. The summed E-state index contributed by atoms with van der Waals surface area (Å²) in [4.78, 5) is 11.9. The first-order valence-electron chi connectivity index (χ1n) is 12.7. The molecule has 0 spiro atoms. The molecule has 37 heavy (non-hydrogen) atoms. The van der Waals surface area contributed by atoms with E-state index in [4.69, 9.17) is 0 Å². The molecule has 1 fully saturated rings. The Balaban J connectivity index is 0.000000181. The highest BCUT2D eigenvalue weighted by Gasteiger charge is 2.44. The lowest BCUT2D eigenvalue weighted by Crippen LogP contribution is -2.41. The van der Waals surface area contributed by atoms with Gasteiger partial charge in [0.2, 0.25) is 0 Å². The number of rotatable bonds is 3. The molecule has 1 amide bonds. The van der Waals surface area contributed by atoms with Crippen molar-refractivity contribution in [3.63, 3.8) is 0 Å². The lowest BCUT2D eigenvalue weighted by Gasteiger charge is -2.33. The van der Waals surface area contributed by atoms with Crippen molar-refractivity contribution >= 4 is 12.0 Å². The highest BCUT2D eigenvalue weighted by Crippen LogP contribution is 2.49. The number of hydrogen-bond donors (Lipinski definition) is 2. The van der Waals surface area contributed by atoms with Crippen LogP contribution in [0.5, 0.6) is 0 Å². The van der Waals surface area contributed by atoms with Gasteiger partial charge in [-0.05, 0) is 94.0 Å². The summed E-state index contributed by atoms with van der Waals surface area (Å²) in [7, 11) is 0. The molecule has 2 aromatic carbocycles. The molecular weight excluding hydrogens is 472 g/mol. The Bertz CT molecular complexity index is 1320. The first-order valence-corrected chi connectivity index (χ1v) is 12.7. The minimum Gasteiger partial charge on any atom is -0.392 e. The Morgan fingerprint density at radius 2 is 1.89 bits per heavy atom. The summed E-state index contributed by atoms with van der Waals surface area (Å²) in [5.41, 5.74) is 4.76. The number of carbonyl (C=O) groups excluding carboxylic acids is 1. The molecule has 2 N–H and O–H groups in total. The van der Waals surface area contributed by atoms with E-state index in [1.165, 1.54) is 23.8 Å². The van der Waals surface area contributed by atoms with E-state index in [1.54, 1.807) is 24.3 Å². The largest absolute Gasteiger partial charge is 0.392 e. The highest BCUT2D eigenvalue weighted by atomic mass is 19.1. The first kappa shape index (κ1) is 26.7. The molecule has 1 saturated carbocycles. The molecule has 0 saturated heterocycles. The van der Waals surface area contributed by atoms with Crippen LogP contribution >= 0.6 is 0 Å². The molecule has 5 nitrogen and oxygen atoms in total. The summed E-state index contributed by atoms with van der Waals surface area (Å²) in [6, 6.07) is 11.1. The monoisotopic (exact) mass is 507 g/mol. The fraction of sp³-hybridized carbons (Fsp3) is 0.400. The number of carbonyl (C=O) groups is 1. The van der Waals surface area contributed by atoms with Crippen molar-refractivity contribution in [2.24, 2.45) is 5.41 Å². The Morgan fingerprint density at radius 3 is 2.54 bits per heavy atom. The van der Waals surface area contributed by atoms with Crippen molar-refractivity contribution in [3.8, 4) is 5.69 Å². The van der Waals surface area contributed by atoms with E-state index in [1.807, 2.05) is 38.6 Å². The zero-order chi connectivity index (χ0) is 27.0. The van der Waals surface area contributed by atoms with Gasteiger partial charge in [-0.25, -0.2) is 13.5 Å². The quantitative estimate of drug-likeness (QED) is 0.455. The maximum absolute atomic E-state index is 13.6.